The molecule has 1 unspecified atom stereocenters. The quantitative estimate of drug-likeness (QED) is 0.789. The Kier molecular flexibility index (Phi) is 3.50. The van der Waals surface area contributed by atoms with Gasteiger partial charge in [0.15, 0.2) is 0 Å². The number of nitrogens with one attached hydrogen (secondary N) is 2. The number of thiazole rings is 1. The lowest BCUT2D eigenvalue weighted by molar-refractivity contribution is 0.639. The van der Waals surface area contributed by atoms with Crippen molar-refractivity contribution in [2.45, 2.75) is 25.3 Å². The van der Waals surface area contributed by atoms with Gasteiger partial charge in [0.2, 0.25) is 0 Å². The van der Waals surface area contributed by atoms with Gasteiger partial charge in [0.1, 0.15) is 5.01 Å². The molecule has 1 aliphatic rings. The monoisotopic (exact) mass is 211 g/mol. The molecule has 2 heterocycles. The summed E-state index contributed by atoms with van der Waals surface area (Å²) in [6, 6.07) is 0.531. The second-order valence-corrected chi connectivity index (χ2v) is 4.57. The minimum absolute atomic E-state index is 0.531. The van der Waals surface area contributed by atoms with E-state index in [0.717, 1.165) is 19.5 Å². The molecule has 1 saturated heterocycles. The molecule has 0 bridgehead atoms. The van der Waals surface area contributed by atoms with Gasteiger partial charge in [-0.25, -0.2) is 4.98 Å². The van der Waals surface area contributed by atoms with Crippen LogP contribution in [0.15, 0.2) is 5.38 Å². The first kappa shape index (κ1) is 10.1. The first-order valence-electron chi connectivity index (χ1n) is 5.22. The van der Waals surface area contributed by atoms with Crippen LogP contribution in [0.2, 0.25) is 0 Å². The van der Waals surface area contributed by atoms with E-state index < -0.39 is 0 Å². The normalized spacial score (nSPS) is 21.6. The molecule has 4 heteroatoms. The Hall–Kier alpha value is -0.450. The fourth-order valence-corrected chi connectivity index (χ4v) is 2.71. The van der Waals surface area contributed by atoms with Crippen LogP contribution in [-0.2, 0) is 6.42 Å². The van der Waals surface area contributed by atoms with E-state index in [-0.39, 0.29) is 0 Å². The van der Waals surface area contributed by atoms with Gasteiger partial charge in [-0.3, -0.25) is 0 Å². The minimum Gasteiger partial charge on any atom is -0.319 e. The van der Waals surface area contributed by atoms with Crippen molar-refractivity contribution in [3.05, 3.63) is 16.1 Å². The SMILES string of the molecule is CNCCc1csc(C2CCCN2)n1. The van der Waals surface area contributed by atoms with Crippen molar-refractivity contribution < 1.29 is 0 Å². The maximum Gasteiger partial charge on any atom is 0.110 e. The molecular formula is C10H17N3S. The van der Waals surface area contributed by atoms with E-state index in [0.29, 0.717) is 6.04 Å². The molecule has 2 N–H and O–H groups in total. The van der Waals surface area contributed by atoms with E-state index in [1.54, 1.807) is 11.3 Å². The van der Waals surface area contributed by atoms with Crippen LogP contribution in [0.3, 0.4) is 0 Å². The van der Waals surface area contributed by atoms with Crippen molar-refractivity contribution in [1.29, 1.82) is 0 Å². The van der Waals surface area contributed by atoms with Gasteiger partial charge in [-0.2, -0.15) is 0 Å². The molecular weight excluding hydrogens is 194 g/mol. The highest BCUT2D eigenvalue weighted by atomic mass is 32.1. The van der Waals surface area contributed by atoms with Crippen molar-refractivity contribution in [2.24, 2.45) is 0 Å². The Morgan fingerprint density at radius 2 is 2.64 bits per heavy atom. The molecule has 1 aromatic rings. The maximum atomic E-state index is 4.65. The van der Waals surface area contributed by atoms with E-state index in [9.17, 15) is 0 Å². The van der Waals surface area contributed by atoms with Crippen LogP contribution in [0, 0.1) is 0 Å². The minimum atomic E-state index is 0.531. The zero-order valence-corrected chi connectivity index (χ0v) is 9.36. The van der Waals surface area contributed by atoms with Crippen LogP contribution in [0.1, 0.15) is 29.6 Å². The fourth-order valence-electron chi connectivity index (χ4n) is 1.75. The summed E-state index contributed by atoms with van der Waals surface area (Å²) in [6.45, 7) is 2.16. The number of hydrogen-bond donors (Lipinski definition) is 2. The average molecular weight is 211 g/mol. The standard InChI is InChI=1S/C10H17N3S/c1-11-6-4-8-7-14-10(13-8)9-3-2-5-12-9/h7,9,11-12H,2-6H2,1H3. The molecule has 0 amide bonds. The van der Waals surface area contributed by atoms with Crippen molar-refractivity contribution >= 4 is 11.3 Å². The number of aromatic nitrogens is 1. The molecule has 2 rings (SSSR count). The summed E-state index contributed by atoms with van der Waals surface area (Å²) in [5.74, 6) is 0. The fraction of sp³-hybridized carbons (Fsp3) is 0.700. The van der Waals surface area contributed by atoms with Crippen LogP contribution in [0.5, 0.6) is 0 Å². The predicted octanol–water partition coefficient (Wildman–Crippen LogP) is 1.33. The van der Waals surface area contributed by atoms with Crippen LogP contribution in [-0.4, -0.2) is 25.1 Å². The smallest absolute Gasteiger partial charge is 0.110 e. The Labute approximate surface area is 88.9 Å². The van der Waals surface area contributed by atoms with Crippen LogP contribution < -0.4 is 10.6 Å². The van der Waals surface area contributed by atoms with Gasteiger partial charge in [0, 0.05) is 18.3 Å². The molecule has 0 aromatic carbocycles. The maximum absolute atomic E-state index is 4.65. The predicted molar refractivity (Wildman–Crippen MR) is 59.7 cm³/mol. The van der Waals surface area contributed by atoms with E-state index in [2.05, 4.69) is 21.0 Å². The second kappa shape index (κ2) is 4.87. The van der Waals surface area contributed by atoms with Gasteiger partial charge >= 0.3 is 0 Å². The van der Waals surface area contributed by atoms with Gasteiger partial charge in [-0.05, 0) is 26.4 Å². The van der Waals surface area contributed by atoms with Gasteiger partial charge in [-0.1, -0.05) is 0 Å². The Morgan fingerprint density at radius 3 is 3.36 bits per heavy atom. The van der Waals surface area contributed by atoms with Crippen molar-refractivity contribution in [2.75, 3.05) is 20.1 Å². The van der Waals surface area contributed by atoms with E-state index in [1.807, 2.05) is 7.05 Å². The lowest BCUT2D eigenvalue weighted by Gasteiger charge is -2.04. The molecule has 1 fully saturated rings. The topological polar surface area (TPSA) is 37.0 Å². The molecule has 78 valence electrons. The van der Waals surface area contributed by atoms with Gasteiger partial charge in [0.05, 0.1) is 11.7 Å². The summed E-state index contributed by atoms with van der Waals surface area (Å²) < 4.78 is 0. The molecule has 1 aromatic heterocycles. The van der Waals surface area contributed by atoms with Crippen LogP contribution in [0.25, 0.3) is 0 Å². The highest BCUT2D eigenvalue weighted by Crippen LogP contribution is 2.25. The summed E-state index contributed by atoms with van der Waals surface area (Å²) in [5, 5.41) is 10.1. The number of hydrogen-bond acceptors (Lipinski definition) is 4. The summed E-state index contributed by atoms with van der Waals surface area (Å²) in [5.41, 5.74) is 1.23. The zero-order valence-electron chi connectivity index (χ0n) is 8.55. The summed E-state index contributed by atoms with van der Waals surface area (Å²) in [4.78, 5) is 4.65. The summed E-state index contributed by atoms with van der Waals surface area (Å²) in [6.07, 6.45) is 3.58. The lowest BCUT2D eigenvalue weighted by Crippen LogP contribution is -2.13. The molecule has 1 atom stereocenters. The first-order valence-corrected chi connectivity index (χ1v) is 6.10. The zero-order chi connectivity index (χ0) is 9.80. The molecule has 0 radical (unpaired) electrons. The van der Waals surface area contributed by atoms with E-state index >= 15 is 0 Å². The van der Waals surface area contributed by atoms with E-state index in [1.165, 1.54) is 23.5 Å². The average Bonchev–Trinajstić information content (AvgIpc) is 2.85. The number of rotatable bonds is 4. The van der Waals surface area contributed by atoms with Gasteiger partial charge in [0.25, 0.3) is 0 Å². The highest BCUT2D eigenvalue weighted by Gasteiger charge is 2.18. The van der Waals surface area contributed by atoms with Crippen molar-refractivity contribution in [1.82, 2.24) is 15.6 Å². The molecule has 14 heavy (non-hydrogen) atoms. The van der Waals surface area contributed by atoms with Crippen molar-refractivity contribution in [3.8, 4) is 0 Å². The second-order valence-electron chi connectivity index (χ2n) is 3.68. The molecule has 3 nitrogen and oxygen atoms in total. The third kappa shape index (κ3) is 2.32. The van der Waals surface area contributed by atoms with E-state index in [4.69, 9.17) is 0 Å². The number of nitrogens with zero attached hydrogens (tertiary/aromatic N) is 1. The van der Waals surface area contributed by atoms with Crippen LogP contribution in [0.4, 0.5) is 0 Å². The third-order valence-corrected chi connectivity index (χ3v) is 3.57. The molecule has 0 aliphatic carbocycles. The molecule has 0 spiro atoms. The Morgan fingerprint density at radius 1 is 1.71 bits per heavy atom. The molecule has 0 saturated carbocycles. The largest absolute Gasteiger partial charge is 0.319 e. The van der Waals surface area contributed by atoms with Crippen molar-refractivity contribution in [3.63, 3.8) is 0 Å². The third-order valence-electron chi connectivity index (χ3n) is 2.56. The highest BCUT2D eigenvalue weighted by molar-refractivity contribution is 7.09. The Balaban J connectivity index is 1.94. The number of likely N-dealkylation sites (N-methyl/N-ethyl adjacent to an activating group) is 1. The van der Waals surface area contributed by atoms with Crippen LogP contribution >= 0.6 is 11.3 Å². The molecule has 1 aliphatic heterocycles. The Bertz CT molecular complexity index is 279. The first-order chi connectivity index (χ1) is 6.90. The lowest BCUT2D eigenvalue weighted by atomic mass is 10.2. The van der Waals surface area contributed by atoms with Gasteiger partial charge in [-0.15, -0.1) is 11.3 Å². The summed E-state index contributed by atoms with van der Waals surface area (Å²) in [7, 11) is 1.98. The van der Waals surface area contributed by atoms with Gasteiger partial charge < -0.3 is 10.6 Å². The summed E-state index contributed by atoms with van der Waals surface area (Å²) >= 11 is 1.80.